The van der Waals surface area contributed by atoms with Gasteiger partial charge in [0.1, 0.15) is 5.58 Å². The van der Waals surface area contributed by atoms with Crippen LogP contribution < -0.4 is 5.32 Å². The number of amides is 1. The van der Waals surface area contributed by atoms with Crippen molar-refractivity contribution in [2.24, 2.45) is 0 Å². The first-order chi connectivity index (χ1) is 14.7. The zero-order valence-electron chi connectivity index (χ0n) is 18.4. The molecule has 1 saturated heterocycles. The average Bonchev–Trinajstić information content (AvgIpc) is 3.05. The summed E-state index contributed by atoms with van der Waals surface area (Å²) in [6, 6.07) is 10.3. The van der Waals surface area contributed by atoms with E-state index >= 15 is 0 Å². The van der Waals surface area contributed by atoms with E-state index in [-0.39, 0.29) is 22.6 Å². The predicted molar refractivity (Wildman–Crippen MR) is 122 cm³/mol. The molecular formula is C24H28N2O4S. The molecule has 2 heterocycles. The lowest BCUT2D eigenvalue weighted by Crippen LogP contribution is -2.41. The van der Waals surface area contributed by atoms with Gasteiger partial charge in [0.2, 0.25) is 10.0 Å². The van der Waals surface area contributed by atoms with E-state index < -0.39 is 10.0 Å². The second kappa shape index (κ2) is 8.13. The average molecular weight is 441 g/mol. The van der Waals surface area contributed by atoms with Gasteiger partial charge in [-0.25, -0.2) is 8.42 Å². The molecule has 1 aliphatic rings. The van der Waals surface area contributed by atoms with E-state index in [0.29, 0.717) is 17.8 Å². The fourth-order valence-corrected chi connectivity index (χ4v) is 5.85. The number of rotatable bonds is 4. The largest absolute Gasteiger partial charge is 0.451 e. The lowest BCUT2D eigenvalue weighted by atomic mass is 10.1. The van der Waals surface area contributed by atoms with Crippen LogP contribution >= 0.6 is 0 Å². The predicted octanol–water partition coefficient (Wildman–Crippen LogP) is 5.17. The third-order valence-corrected chi connectivity index (χ3v) is 8.25. The molecule has 1 fully saturated rings. The number of aryl methyl sites for hydroxylation is 3. The van der Waals surface area contributed by atoms with Crippen molar-refractivity contribution >= 4 is 32.6 Å². The molecule has 1 aliphatic heterocycles. The van der Waals surface area contributed by atoms with Crippen LogP contribution in [0, 0.1) is 20.8 Å². The minimum Gasteiger partial charge on any atom is -0.451 e. The Kier molecular flexibility index (Phi) is 5.66. The minimum atomic E-state index is -3.54. The Morgan fingerprint density at radius 2 is 1.74 bits per heavy atom. The van der Waals surface area contributed by atoms with Crippen molar-refractivity contribution < 1.29 is 17.6 Å². The van der Waals surface area contributed by atoms with Crippen LogP contribution in [0.2, 0.25) is 0 Å². The third kappa shape index (κ3) is 4.00. The molecule has 1 unspecified atom stereocenters. The first kappa shape index (κ1) is 21.6. The lowest BCUT2D eigenvalue weighted by molar-refractivity contribution is 0.0998. The molecule has 3 aromatic rings. The van der Waals surface area contributed by atoms with Crippen LogP contribution in [0.15, 0.2) is 45.7 Å². The van der Waals surface area contributed by atoms with E-state index in [2.05, 4.69) is 5.32 Å². The molecule has 1 N–H and O–H groups in total. The van der Waals surface area contributed by atoms with Gasteiger partial charge in [-0.15, -0.1) is 0 Å². The van der Waals surface area contributed by atoms with Gasteiger partial charge in [-0.05, 0) is 88.1 Å². The third-order valence-electron chi connectivity index (χ3n) is 6.22. The molecule has 2 aromatic carbocycles. The monoisotopic (exact) mass is 440 g/mol. The number of nitrogens with zero attached hydrogens (tertiary/aromatic N) is 1. The molecule has 31 heavy (non-hydrogen) atoms. The van der Waals surface area contributed by atoms with E-state index in [1.807, 2.05) is 39.8 Å². The molecule has 1 atom stereocenters. The molecule has 0 spiro atoms. The molecule has 0 radical (unpaired) electrons. The van der Waals surface area contributed by atoms with Crippen LogP contribution in [-0.4, -0.2) is 31.2 Å². The molecule has 0 aliphatic carbocycles. The molecule has 1 amide bonds. The van der Waals surface area contributed by atoms with E-state index in [0.717, 1.165) is 41.3 Å². The summed E-state index contributed by atoms with van der Waals surface area (Å²) in [5.74, 6) is -0.0943. The second-order valence-electron chi connectivity index (χ2n) is 8.43. The number of hydrogen-bond donors (Lipinski definition) is 1. The fourth-order valence-electron chi connectivity index (χ4n) is 4.15. The molecule has 0 bridgehead atoms. The second-order valence-corrected chi connectivity index (χ2v) is 10.3. The van der Waals surface area contributed by atoms with Crippen LogP contribution in [-0.2, 0) is 10.0 Å². The van der Waals surface area contributed by atoms with Crippen LogP contribution in [0.1, 0.15) is 53.4 Å². The maximum absolute atomic E-state index is 13.0. The SMILES string of the molecule is Cc1cc2oc(C(=O)Nc3ccc(S(=O)(=O)N4CCCCC4C)cc3)c(C)c2cc1C. The number of hydrogen-bond acceptors (Lipinski definition) is 4. The van der Waals surface area contributed by atoms with E-state index in [1.54, 1.807) is 28.6 Å². The molecule has 0 saturated carbocycles. The number of piperidine rings is 1. The van der Waals surface area contributed by atoms with Crippen LogP contribution in [0.4, 0.5) is 5.69 Å². The van der Waals surface area contributed by atoms with E-state index in [9.17, 15) is 13.2 Å². The van der Waals surface area contributed by atoms with E-state index in [4.69, 9.17) is 4.42 Å². The van der Waals surface area contributed by atoms with Gasteiger partial charge in [-0.1, -0.05) is 6.42 Å². The quantitative estimate of drug-likeness (QED) is 0.607. The smallest absolute Gasteiger partial charge is 0.291 e. The summed E-state index contributed by atoms with van der Waals surface area (Å²) in [6.07, 6.45) is 2.81. The van der Waals surface area contributed by atoms with Gasteiger partial charge >= 0.3 is 0 Å². The molecule has 7 heteroatoms. The molecule has 4 rings (SSSR count). The van der Waals surface area contributed by atoms with Crippen LogP contribution in [0.3, 0.4) is 0 Å². The Labute approximate surface area is 183 Å². The Morgan fingerprint density at radius 3 is 2.42 bits per heavy atom. The summed E-state index contributed by atoms with van der Waals surface area (Å²) >= 11 is 0. The first-order valence-electron chi connectivity index (χ1n) is 10.6. The van der Waals surface area contributed by atoms with Gasteiger partial charge in [-0.2, -0.15) is 4.31 Å². The summed E-state index contributed by atoms with van der Waals surface area (Å²) < 4.78 is 33.3. The van der Waals surface area contributed by atoms with Crippen molar-refractivity contribution in [1.29, 1.82) is 0 Å². The summed E-state index contributed by atoms with van der Waals surface area (Å²) in [5, 5.41) is 3.74. The van der Waals surface area contributed by atoms with Crippen molar-refractivity contribution in [1.82, 2.24) is 4.31 Å². The van der Waals surface area contributed by atoms with Gasteiger partial charge in [0.25, 0.3) is 5.91 Å². The van der Waals surface area contributed by atoms with Crippen molar-refractivity contribution in [2.75, 3.05) is 11.9 Å². The number of sulfonamides is 1. The first-order valence-corrected chi connectivity index (χ1v) is 12.1. The molecule has 1 aromatic heterocycles. The standard InChI is InChI=1S/C24H28N2O4S/c1-15-13-21-18(4)23(30-22(21)14-16(15)2)24(27)25-19-8-10-20(11-9-19)31(28,29)26-12-6-5-7-17(26)3/h8-11,13-14,17H,5-7,12H2,1-4H3,(H,25,27). The van der Waals surface area contributed by atoms with Crippen molar-refractivity contribution in [2.45, 2.75) is 57.9 Å². The molecule has 6 nitrogen and oxygen atoms in total. The number of furan rings is 1. The fraction of sp³-hybridized carbons (Fsp3) is 0.375. The zero-order valence-corrected chi connectivity index (χ0v) is 19.2. The highest BCUT2D eigenvalue weighted by Crippen LogP contribution is 2.29. The zero-order chi connectivity index (χ0) is 22.3. The van der Waals surface area contributed by atoms with Crippen LogP contribution in [0.5, 0.6) is 0 Å². The summed E-state index contributed by atoms with van der Waals surface area (Å²) in [7, 11) is -3.54. The highest BCUT2D eigenvalue weighted by Gasteiger charge is 2.30. The highest BCUT2D eigenvalue weighted by molar-refractivity contribution is 7.89. The van der Waals surface area contributed by atoms with Crippen molar-refractivity contribution in [3.05, 3.63) is 58.8 Å². The highest BCUT2D eigenvalue weighted by atomic mass is 32.2. The van der Waals surface area contributed by atoms with Gasteiger partial charge in [-0.3, -0.25) is 4.79 Å². The van der Waals surface area contributed by atoms with Gasteiger partial charge in [0.05, 0.1) is 4.90 Å². The van der Waals surface area contributed by atoms with Crippen molar-refractivity contribution in [3.63, 3.8) is 0 Å². The Bertz CT molecular complexity index is 1240. The minimum absolute atomic E-state index is 0.00135. The Hall–Kier alpha value is -2.64. The number of fused-ring (bicyclic) bond motifs is 1. The maximum atomic E-state index is 13.0. The van der Waals surface area contributed by atoms with Gasteiger partial charge < -0.3 is 9.73 Å². The van der Waals surface area contributed by atoms with Crippen molar-refractivity contribution in [3.8, 4) is 0 Å². The molecule has 164 valence electrons. The van der Waals surface area contributed by atoms with Gasteiger partial charge in [0, 0.05) is 29.2 Å². The summed E-state index contributed by atoms with van der Waals surface area (Å²) in [5.41, 5.74) is 4.23. The lowest BCUT2D eigenvalue weighted by Gasteiger charge is -2.32. The van der Waals surface area contributed by atoms with Gasteiger partial charge in [0.15, 0.2) is 5.76 Å². The Balaban J connectivity index is 1.55. The molecular weight excluding hydrogens is 412 g/mol. The van der Waals surface area contributed by atoms with Crippen LogP contribution in [0.25, 0.3) is 11.0 Å². The number of nitrogens with one attached hydrogen (secondary N) is 1. The number of anilines is 1. The van der Waals surface area contributed by atoms with E-state index in [1.165, 1.54) is 0 Å². The topological polar surface area (TPSA) is 79.6 Å². The number of carbonyl (C=O) groups excluding carboxylic acids is 1. The maximum Gasteiger partial charge on any atom is 0.291 e. The summed E-state index contributed by atoms with van der Waals surface area (Å²) in [4.78, 5) is 13.1. The number of benzene rings is 2. The summed E-state index contributed by atoms with van der Waals surface area (Å²) in [6.45, 7) is 8.40. The normalized spacial score (nSPS) is 17.7. The number of carbonyl (C=O) groups is 1. The Morgan fingerprint density at radius 1 is 1.06 bits per heavy atom.